The van der Waals surface area contributed by atoms with E-state index in [-0.39, 0.29) is 24.0 Å². The van der Waals surface area contributed by atoms with Gasteiger partial charge in [-0.3, -0.25) is 14.5 Å². The number of hydrogen-bond donors (Lipinski definition) is 3. The Morgan fingerprint density at radius 2 is 1.70 bits per heavy atom. The molecule has 1 saturated heterocycles. The van der Waals surface area contributed by atoms with Gasteiger partial charge in [0.25, 0.3) is 11.8 Å². The molecule has 3 heterocycles. The molecule has 192 valence electrons. The Kier molecular flexibility index (Phi) is 6.35. The second kappa shape index (κ2) is 9.49. The highest BCUT2D eigenvalue weighted by Gasteiger charge is 2.38. The zero-order valence-electron chi connectivity index (χ0n) is 20.8. The molecule has 0 saturated carbocycles. The predicted octanol–water partition coefficient (Wildman–Crippen LogP) is 2.69. The summed E-state index contributed by atoms with van der Waals surface area (Å²) >= 11 is 0. The molecule has 3 aliphatic heterocycles. The number of aromatic carboxylic acids is 1. The fourth-order valence-electron chi connectivity index (χ4n) is 5.06. The SMILES string of the molecule is CC1(C)OC(=C2C(=O)Nc3cc(C(=O)O)ccc32)C=C1c1ccc(C(=O)N2CCN(CCO)CC2)cc1. The van der Waals surface area contributed by atoms with Crippen molar-refractivity contribution in [3.63, 3.8) is 0 Å². The summed E-state index contributed by atoms with van der Waals surface area (Å²) in [6.45, 7) is 7.31. The molecular weight excluding hydrogens is 474 g/mol. The summed E-state index contributed by atoms with van der Waals surface area (Å²) in [7, 11) is 0. The number of nitrogens with one attached hydrogen (secondary N) is 1. The van der Waals surface area contributed by atoms with E-state index in [9.17, 15) is 19.5 Å². The van der Waals surface area contributed by atoms with Crippen LogP contribution in [0.4, 0.5) is 5.69 Å². The molecule has 0 spiro atoms. The summed E-state index contributed by atoms with van der Waals surface area (Å²) in [6.07, 6.45) is 1.84. The number of carbonyl (C=O) groups is 3. The second-order valence-electron chi connectivity index (χ2n) is 9.86. The van der Waals surface area contributed by atoms with Crippen molar-refractivity contribution in [2.75, 3.05) is 44.6 Å². The van der Waals surface area contributed by atoms with Gasteiger partial charge >= 0.3 is 5.97 Å². The van der Waals surface area contributed by atoms with E-state index in [1.165, 1.54) is 12.1 Å². The van der Waals surface area contributed by atoms with Crippen LogP contribution in [0.1, 0.15) is 45.7 Å². The number of fused-ring (bicyclic) bond motifs is 1. The largest absolute Gasteiger partial charge is 0.482 e. The van der Waals surface area contributed by atoms with Crippen molar-refractivity contribution in [3.8, 4) is 0 Å². The number of β-amino-alcohol motifs (C(OH)–C–C–N with tert-alkyl or cyclic N) is 1. The summed E-state index contributed by atoms with van der Waals surface area (Å²) < 4.78 is 6.22. The van der Waals surface area contributed by atoms with Crippen LogP contribution in [-0.2, 0) is 9.53 Å². The van der Waals surface area contributed by atoms with Gasteiger partial charge in [0.15, 0.2) is 0 Å². The van der Waals surface area contributed by atoms with E-state index in [2.05, 4.69) is 10.2 Å². The number of ether oxygens (including phenoxy) is 1. The molecule has 9 heteroatoms. The number of allylic oxidation sites excluding steroid dienone is 1. The number of nitrogens with zero attached hydrogens (tertiary/aromatic N) is 2. The molecule has 2 amide bonds. The lowest BCUT2D eigenvalue weighted by Gasteiger charge is -2.34. The highest BCUT2D eigenvalue weighted by molar-refractivity contribution is 6.32. The third-order valence-electron chi connectivity index (χ3n) is 7.07. The molecular formula is C28H29N3O6. The summed E-state index contributed by atoms with van der Waals surface area (Å²) in [5, 5.41) is 21.1. The molecule has 2 aromatic carbocycles. The van der Waals surface area contributed by atoms with Crippen LogP contribution < -0.4 is 5.32 Å². The van der Waals surface area contributed by atoms with Crippen LogP contribution in [-0.4, -0.2) is 82.7 Å². The Hall–Kier alpha value is -3.95. The topological polar surface area (TPSA) is 119 Å². The van der Waals surface area contributed by atoms with Crippen LogP contribution in [0.25, 0.3) is 11.1 Å². The third-order valence-corrected chi connectivity index (χ3v) is 7.07. The standard InChI is InChI=1S/C28H29N3O6/c1-28(2)21(16-23(37-28)24-20-8-7-19(27(35)36)15-22(20)29-25(24)33)17-3-5-18(6-4-17)26(34)31-11-9-30(10-12-31)13-14-32/h3-8,15-16,32H,9-14H2,1-2H3,(H,29,33)(H,35,36). The average Bonchev–Trinajstić information content (AvgIpc) is 3.38. The van der Waals surface area contributed by atoms with Crippen LogP contribution in [0.3, 0.4) is 0 Å². The van der Waals surface area contributed by atoms with E-state index in [1.54, 1.807) is 6.07 Å². The van der Waals surface area contributed by atoms with E-state index in [0.29, 0.717) is 47.8 Å². The molecule has 3 N–H and O–H groups in total. The Balaban J connectivity index is 1.39. The molecule has 0 unspecified atom stereocenters. The molecule has 0 atom stereocenters. The summed E-state index contributed by atoms with van der Waals surface area (Å²) in [5.41, 5.74) is 3.13. The maximum atomic E-state index is 13.0. The maximum Gasteiger partial charge on any atom is 0.335 e. The van der Waals surface area contributed by atoms with E-state index in [1.807, 2.05) is 49.1 Å². The lowest BCUT2D eigenvalue weighted by atomic mass is 9.91. The predicted molar refractivity (Wildman–Crippen MR) is 138 cm³/mol. The van der Waals surface area contributed by atoms with E-state index < -0.39 is 11.6 Å². The molecule has 9 nitrogen and oxygen atoms in total. The first-order chi connectivity index (χ1) is 17.7. The van der Waals surface area contributed by atoms with Gasteiger partial charge in [-0.1, -0.05) is 18.2 Å². The van der Waals surface area contributed by atoms with Crippen molar-refractivity contribution in [1.29, 1.82) is 0 Å². The number of anilines is 1. The van der Waals surface area contributed by atoms with Gasteiger partial charge in [0, 0.05) is 49.4 Å². The minimum Gasteiger partial charge on any atom is -0.482 e. The number of aliphatic hydroxyl groups excluding tert-OH is 1. The first-order valence-electron chi connectivity index (χ1n) is 12.3. The van der Waals surface area contributed by atoms with Crippen molar-refractivity contribution in [2.45, 2.75) is 19.4 Å². The van der Waals surface area contributed by atoms with Crippen molar-refractivity contribution in [1.82, 2.24) is 9.80 Å². The van der Waals surface area contributed by atoms with Gasteiger partial charge in [-0.05, 0) is 49.8 Å². The number of benzene rings is 2. The summed E-state index contributed by atoms with van der Waals surface area (Å²) in [5.74, 6) is -1.01. The molecule has 2 aromatic rings. The smallest absolute Gasteiger partial charge is 0.335 e. The number of rotatable bonds is 5. The zero-order valence-corrected chi connectivity index (χ0v) is 20.8. The monoisotopic (exact) mass is 503 g/mol. The number of amides is 2. The first kappa shape index (κ1) is 24.7. The van der Waals surface area contributed by atoms with Crippen LogP contribution in [0.15, 0.2) is 54.3 Å². The van der Waals surface area contributed by atoms with Crippen molar-refractivity contribution >= 4 is 34.6 Å². The van der Waals surface area contributed by atoms with Gasteiger partial charge in [-0.15, -0.1) is 0 Å². The molecule has 0 aliphatic carbocycles. The van der Waals surface area contributed by atoms with Crippen LogP contribution in [0.2, 0.25) is 0 Å². The molecule has 0 aromatic heterocycles. The van der Waals surface area contributed by atoms with Gasteiger partial charge in [0.05, 0.1) is 23.4 Å². The van der Waals surface area contributed by atoms with Gasteiger partial charge < -0.3 is 25.2 Å². The lowest BCUT2D eigenvalue weighted by Crippen LogP contribution is -2.49. The quantitative estimate of drug-likeness (QED) is 0.537. The van der Waals surface area contributed by atoms with Gasteiger partial charge in [0.2, 0.25) is 0 Å². The Morgan fingerprint density at radius 3 is 2.35 bits per heavy atom. The minimum atomic E-state index is -1.07. The van der Waals surface area contributed by atoms with Crippen LogP contribution >= 0.6 is 0 Å². The molecule has 1 fully saturated rings. The number of hydrogen-bond acceptors (Lipinski definition) is 6. The van der Waals surface area contributed by atoms with Crippen LogP contribution in [0, 0.1) is 0 Å². The maximum absolute atomic E-state index is 13.0. The fourth-order valence-corrected chi connectivity index (χ4v) is 5.06. The van der Waals surface area contributed by atoms with Crippen LogP contribution in [0.5, 0.6) is 0 Å². The molecule has 0 bridgehead atoms. The zero-order chi connectivity index (χ0) is 26.3. The fraction of sp³-hybridized carbons (Fsp3) is 0.321. The van der Waals surface area contributed by atoms with E-state index >= 15 is 0 Å². The Morgan fingerprint density at radius 1 is 1.03 bits per heavy atom. The second-order valence-corrected chi connectivity index (χ2v) is 9.86. The Bertz CT molecular complexity index is 1330. The van der Waals surface area contributed by atoms with Crippen molar-refractivity contribution in [2.24, 2.45) is 0 Å². The number of carboxylic acids is 1. The lowest BCUT2D eigenvalue weighted by molar-refractivity contribution is -0.111. The first-order valence-corrected chi connectivity index (χ1v) is 12.3. The molecule has 0 radical (unpaired) electrons. The Labute approximate surface area is 214 Å². The highest BCUT2D eigenvalue weighted by Crippen LogP contribution is 2.44. The molecule has 5 rings (SSSR count). The highest BCUT2D eigenvalue weighted by atomic mass is 16.5. The van der Waals surface area contributed by atoms with Gasteiger partial charge in [0.1, 0.15) is 11.4 Å². The van der Waals surface area contributed by atoms with Gasteiger partial charge in [-0.2, -0.15) is 0 Å². The number of carbonyl (C=O) groups excluding carboxylic acids is 2. The molecule has 37 heavy (non-hydrogen) atoms. The summed E-state index contributed by atoms with van der Waals surface area (Å²) in [4.78, 5) is 41.1. The van der Waals surface area contributed by atoms with Crippen molar-refractivity contribution in [3.05, 3.63) is 76.6 Å². The van der Waals surface area contributed by atoms with Gasteiger partial charge in [-0.25, -0.2) is 4.79 Å². The molecule has 3 aliphatic rings. The van der Waals surface area contributed by atoms with Crippen molar-refractivity contribution < 1.29 is 29.3 Å². The normalized spacial score (nSPS) is 20.8. The summed E-state index contributed by atoms with van der Waals surface area (Å²) in [6, 6.07) is 11.9. The van der Waals surface area contributed by atoms with E-state index in [0.717, 1.165) is 24.2 Å². The number of carboxylic acid groups (broad SMARTS) is 1. The number of piperazine rings is 1. The van der Waals surface area contributed by atoms with E-state index in [4.69, 9.17) is 9.84 Å². The third kappa shape index (κ3) is 4.63. The minimum absolute atomic E-state index is 0.0196. The number of aliphatic hydroxyl groups is 1. The average molecular weight is 504 g/mol.